The maximum Gasteiger partial charge on any atom is 0.217 e. The van der Waals surface area contributed by atoms with E-state index in [4.69, 9.17) is 0 Å². The molecule has 0 aliphatic rings. The predicted molar refractivity (Wildman–Crippen MR) is 147 cm³/mol. The van der Waals surface area contributed by atoms with Gasteiger partial charge < -0.3 is 5.32 Å². The standard InChI is InChI=1S/C26H21N9S2/c1-16-10-11-20-21(12-16)37-26-33-30-23(35(20)26)15-36-25-32-29-22(34(25)18-7-3-2-4-8-18)14-27-19-9-5-6-17-13-28-31-24(17)19/h2-13,27H,14-15H2,1H3,(H,28,31). The SMILES string of the molecule is Cc1ccc2c(c1)sc1nnc(CSc3nnc(CNc4cccc5cn[nH]c45)n3-c3ccccc3)n12. The van der Waals surface area contributed by atoms with Crippen molar-refractivity contribution in [1.29, 1.82) is 0 Å². The highest BCUT2D eigenvalue weighted by Crippen LogP contribution is 2.31. The number of nitrogens with zero attached hydrogens (tertiary/aromatic N) is 7. The van der Waals surface area contributed by atoms with Crippen LogP contribution in [0.2, 0.25) is 0 Å². The molecule has 0 aliphatic heterocycles. The summed E-state index contributed by atoms with van der Waals surface area (Å²) >= 11 is 3.26. The first-order chi connectivity index (χ1) is 18.2. The van der Waals surface area contributed by atoms with Gasteiger partial charge in [0.25, 0.3) is 0 Å². The molecule has 9 nitrogen and oxygen atoms in total. The molecule has 4 aromatic heterocycles. The van der Waals surface area contributed by atoms with Crippen LogP contribution in [-0.2, 0) is 12.3 Å². The third-order valence-corrected chi connectivity index (χ3v) is 8.14. The minimum atomic E-state index is 0.504. The lowest BCUT2D eigenvalue weighted by atomic mass is 10.2. The first-order valence-corrected chi connectivity index (χ1v) is 13.6. The van der Waals surface area contributed by atoms with E-state index in [0.717, 1.165) is 49.6 Å². The fraction of sp³-hybridized carbons (Fsp3) is 0.115. The van der Waals surface area contributed by atoms with Crippen molar-refractivity contribution in [2.24, 2.45) is 0 Å². The number of benzene rings is 3. The number of aromatic amines is 1. The van der Waals surface area contributed by atoms with Gasteiger partial charge in [-0.05, 0) is 42.8 Å². The Labute approximate surface area is 219 Å². The van der Waals surface area contributed by atoms with Crippen LogP contribution in [0, 0.1) is 6.92 Å². The molecule has 0 amide bonds. The molecule has 182 valence electrons. The molecule has 0 saturated carbocycles. The van der Waals surface area contributed by atoms with Crippen LogP contribution in [0.5, 0.6) is 0 Å². The van der Waals surface area contributed by atoms with E-state index in [1.807, 2.05) is 42.6 Å². The number of hydrogen-bond acceptors (Lipinski definition) is 8. The van der Waals surface area contributed by atoms with Crippen molar-refractivity contribution in [2.45, 2.75) is 24.4 Å². The third-order valence-electron chi connectivity index (χ3n) is 6.22. The summed E-state index contributed by atoms with van der Waals surface area (Å²) in [6, 6.07) is 22.7. The van der Waals surface area contributed by atoms with Gasteiger partial charge in [0.2, 0.25) is 4.96 Å². The Hall–Kier alpha value is -4.22. The molecule has 0 bridgehead atoms. The van der Waals surface area contributed by atoms with Gasteiger partial charge >= 0.3 is 0 Å². The van der Waals surface area contributed by atoms with E-state index in [1.54, 1.807) is 23.1 Å². The quantitative estimate of drug-likeness (QED) is 0.262. The molecule has 0 atom stereocenters. The summed E-state index contributed by atoms with van der Waals surface area (Å²) in [6.07, 6.45) is 1.82. The minimum Gasteiger partial charge on any atom is -0.376 e. The van der Waals surface area contributed by atoms with E-state index in [9.17, 15) is 0 Å². The zero-order chi connectivity index (χ0) is 24.8. The predicted octanol–water partition coefficient (Wildman–Crippen LogP) is 5.61. The number of anilines is 1. The zero-order valence-electron chi connectivity index (χ0n) is 19.8. The number of fused-ring (bicyclic) bond motifs is 4. The largest absolute Gasteiger partial charge is 0.376 e. The highest BCUT2D eigenvalue weighted by Gasteiger charge is 2.18. The van der Waals surface area contributed by atoms with Gasteiger partial charge in [0, 0.05) is 11.1 Å². The fourth-order valence-electron chi connectivity index (χ4n) is 4.45. The molecule has 0 aliphatic carbocycles. The summed E-state index contributed by atoms with van der Waals surface area (Å²) < 4.78 is 5.45. The molecule has 0 radical (unpaired) electrons. The molecular formula is C26H21N9S2. The number of thiazole rings is 1. The Balaban J connectivity index is 1.20. The molecule has 3 aromatic carbocycles. The average Bonchev–Trinajstić information content (AvgIpc) is 3.70. The van der Waals surface area contributed by atoms with Crippen molar-refractivity contribution >= 4 is 54.9 Å². The van der Waals surface area contributed by atoms with Crippen molar-refractivity contribution < 1.29 is 0 Å². The van der Waals surface area contributed by atoms with Gasteiger partial charge in [-0.2, -0.15) is 5.10 Å². The second-order valence-corrected chi connectivity index (χ2v) is 10.6. The van der Waals surface area contributed by atoms with Crippen molar-refractivity contribution in [3.05, 3.63) is 90.1 Å². The van der Waals surface area contributed by atoms with E-state index in [2.05, 4.69) is 82.1 Å². The van der Waals surface area contributed by atoms with Gasteiger partial charge in [0.1, 0.15) is 5.82 Å². The highest BCUT2D eigenvalue weighted by atomic mass is 32.2. The lowest BCUT2D eigenvalue weighted by Gasteiger charge is -2.11. The molecule has 0 saturated heterocycles. The fourth-order valence-corrected chi connectivity index (χ4v) is 6.42. The first-order valence-electron chi connectivity index (χ1n) is 11.8. The second kappa shape index (κ2) is 9.02. The molecule has 11 heteroatoms. The van der Waals surface area contributed by atoms with Gasteiger partial charge in [0.15, 0.2) is 11.0 Å². The van der Waals surface area contributed by atoms with Gasteiger partial charge in [0.05, 0.1) is 39.9 Å². The molecule has 2 N–H and O–H groups in total. The lowest BCUT2D eigenvalue weighted by Crippen LogP contribution is -2.08. The van der Waals surface area contributed by atoms with E-state index < -0.39 is 0 Å². The smallest absolute Gasteiger partial charge is 0.217 e. The van der Waals surface area contributed by atoms with Crippen LogP contribution >= 0.6 is 23.1 Å². The van der Waals surface area contributed by atoms with Crippen LogP contribution < -0.4 is 5.32 Å². The molecule has 0 spiro atoms. The Morgan fingerprint density at radius 2 is 1.84 bits per heavy atom. The first kappa shape index (κ1) is 22.0. The molecule has 4 heterocycles. The molecule has 7 aromatic rings. The summed E-state index contributed by atoms with van der Waals surface area (Å²) in [5.41, 5.74) is 5.32. The number of rotatable bonds is 7. The van der Waals surface area contributed by atoms with Gasteiger partial charge in [-0.1, -0.05) is 59.5 Å². The van der Waals surface area contributed by atoms with Crippen LogP contribution in [0.4, 0.5) is 5.69 Å². The van der Waals surface area contributed by atoms with Crippen molar-refractivity contribution in [3.63, 3.8) is 0 Å². The second-order valence-electron chi connectivity index (χ2n) is 8.66. The Bertz CT molecular complexity index is 1860. The van der Waals surface area contributed by atoms with Gasteiger partial charge in [-0.25, -0.2) is 0 Å². The van der Waals surface area contributed by atoms with Crippen molar-refractivity contribution in [2.75, 3.05) is 5.32 Å². The monoisotopic (exact) mass is 523 g/mol. The number of nitrogens with one attached hydrogen (secondary N) is 2. The number of hydrogen-bond donors (Lipinski definition) is 2. The normalized spacial score (nSPS) is 11.7. The van der Waals surface area contributed by atoms with E-state index in [1.165, 1.54) is 10.3 Å². The maximum atomic E-state index is 4.56. The number of aryl methyl sites for hydroxylation is 1. The number of para-hydroxylation sites is 2. The minimum absolute atomic E-state index is 0.504. The summed E-state index contributed by atoms with van der Waals surface area (Å²) in [5, 5.41) is 30.6. The molecular weight excluding hydrogens is 502 g/mol. The van der Waals surface area contributed by atoms with Crippen molar-refractivity contribution in [3.8, 4) is 5.69 Å². The summed E-state index contributed by atoms with van der Waals surface area (Å²) in [7, 11) is 0. The van der Waals surface area contributed by atoms with E-state index >= 15 is 0 Å². The van der Waals surface area contributed by atoms with Crippen molar-refractivity contribution in [1.82, 2.24) is 39.6 Å². The average molecular weight is 524 g/mol. The molecule has 37 heavy (non-hydrogen) atoms. The number of thioether (sulfide) groups is 1. The summed E-state index contributed by atoms with van der Waals surface area (Å²) in [6.45, 7) is 2.61. The third kappa shape index (κ3) is 3.92. The van der Waals surface area contributed by atoms with E-state index in [-0.39, 0.29) is 0 Å². The van der Waals surface area contributed by atoms with Crippen LogP contribution in [0.3, 0.4) is 0 Å². The summed E-state index contributed by atoms with van der Waals surface area (Å²) in [5.74, 6) is 2.32. The van der Waals surface area contributed by atoms with Gasteiger partial charge in [-0.3, -0.25) is 14.1 Å². The Morgan fingerprint density at radius 3 is 2.76 bits per heavy atom. The molecule has 0 unspecified atom stereocenters. The van der Waals surface area contributed by atoms with Crippen LogP contribution in [0.25, 0.3) is 31.8 Å². The molecule has 0 fully saturated rings. The topological polar surface area (TPSA) is 102 Å². The highest BCUT2D eigenvalue weighted by molar-refractivity contribution is 7.98. The van der Waals surface area contributed by atoms with E-state index in [0.29, 0.717) is 12.3 Å². The molecule has 7 rings (SSSR count). The van der Waals surface area contributed by atoms with Gasteiger partial charge in [-0.15, -0.1) is 20.4 Å². The summed E-state index contributed by atoms with van der Waals surface area (Å²) in [4.78, 5) is 0.901. The maximum absolute atomic E-state index is 4.56. The van der Waals surface area contributed by atoms with Crippen LogP contribution in [-0.4, -0.2) is 39.6 Å². The number of H-pyrrole nitrogens is 1. The Morgan fingerprint density at radius 1 is 0.946 bits per heavy atom. The van der Waals surface area contributed by atoms with Crippen LogP contribution in [0.1, 0.15) is 17.2 Å². The van der Waals surface area contributed by atoms with Crippen LogP contribution in [0.15, 0.2) is 78.1 Å². The lowest BCUT2D eigenvalue weighted by molar-refractivity contribution is 0.839. The Kier molecular flexibility index (Phi) is 5.37. The number of aromatic nitrogens is 8. The zero-order valence-corrected chi connectivity index (χ0v) is 21.4.